The summed E-state index contributed by atoms with van der Waals surface area (Å²) < 4.78 is 8.56. The molecule has 2 fully saturated rings. The highest BCUT2D eigenvalue weighted by molar-refractivity contribution is 5.81. The van der Waals surface area contributed by atoms with Crippen LogP contribution in [0.4, 0.5) is 4.79 Å². The monoisotopic (exact) mass is 389 g/mol. The van der Waals surface area contributed by atoms with Gasteiger partial charge in [-0.25, -0.2) is 9.78 Å². The van der Waals surface area contributed by atoms with Crippen LogP contribution in [0.2, 0.25) is 0 Å². The van der Waals surface area contributed by atoms with E-state index in [-0.39, 0.29) is 18.0 Å². The van der Waals surface area contributed by atoms with Crippen molar-refractivity contribution in [3.05, 3.63) is 18.2 Å². The largest absolute Gasteiger partial charge is 0.352 e. The lowest BCUT2D eigenvalue weighted by atomic mass is 9.88. The fraction of sp³-hybridized carbons (Fsp3) is 0.750. The van der Waals surface area contributed by atoms with Crippen molar-refractivity contribution in [2.24, 2.45) is 0 Å². The van der Waals surface area contributed by atoms with E-state index in [4.69, 9.17) is 4.74 Å². The average molecular weight is 390 g/mol. The molecule has 0 unspecified atom stereocenters. The molecule has 0 bridgehead atoms. The van der Waals surface area contributed by atoms with Crippen molar-refractivity contribution in [3.8, 4) is 0 Å². The number of hydrogen-bond acceptors (Lipinski definition) is 4. The molecule has 3 aliphatic rings. The van der Waals surface area contributed by atoms with Crippen LogP contribution in [0, 0.1) is 0 Å². The van der Waals surface area contributed by atoms with Gasteiger partial charge in [0.15, 0.2) is 6.10 Å². The van der Waals surface area contributed by atoms with Crippen LogP contribution in [0.1, 0.15) is 51.8 Å². The first-order valence-corrected chi connectivity index (χ1v) is 10.5. The molecule has 1 spiro atoms. The van der Waals surface area contributed by atoms with Crippen molar-refractivity contribution in [1.82, 2.24) is 24.7 Å². The summed E-state index contributed by atoms with van der Waals surface area (Å²) in [6, 6.07) is 0.0738. The summed E-state index contributed by atoms with van der Waals surface area (Å²) in [7, 11) is 0. The summed E-state index contributed by atoms with van der Waals surface area (Å²) in [5.41, 5.74) is -0.591. The van der Waals surface area contributed by atoms with E-state index >= 15 is 0 Å². The maximum Gasteiger partial charge on any atom is 0.317 e. The van der Waals surface area contributed by atoms with Crippen molar-refractivity contribution >= 4 is 11.9 Å². The molecule has 3 aliphatic heterocycles. The number of aromatic nitrogens is 2. The first kappa shape index (κ1) is 19.2. The third-order valence-corrected chi connectivity index (χ3v) is 6.07. The van der Waals surface area contributed by atoms with Gasteiger partial charge in [-0.05, 0) is 33.1 Å². The van der Waals surface area contributed by atoms with Crippen molar-refractivity contribution in [3.63, 3.8) is 0 Å². The Kier molecular flexibility index (Phi) is 5.31. The summed E-state index contributed by atoms with van der Waals surface area (Å²) in [5, 5.41) is 2.95. The lowest BCUT2D eigenvalue weighted by Crippen LogP contribution is -2.56. The van der Waals surface area contributed by atoms with Crippen LogP contribution in [-0.4, -0.2) is 69.6 Å². The highest BCUT2D eigenvalue weighted by atomic mass is 16.5. The zero-order valence-electron chi connectivity index (χ0n) is 16.9. The molecule has 2 saturated heterocycles. The molecule has 0 aromatic carbocycles. The van der Waals surface area contributed by atoms with Gasteiger partial charge in [0.1, 0.15) is 11.4 Å². The van der Waals surface area contributed by atoms with E-state index in [0.29, 0.717) is 32.5 Å². The van der Waals surface area contributed by atoms with Gasteiger partial charge in [0.25, 0.3) is 5.91 Å². The minimum Gasteiger partial charge on any atom is -0.352 e. The molecular formula is C20H31N5O3. The normalized spacial score (nSPS) is 24.3. The fourth-order valence-corrected chi connectivity index (χ4v) is 4.59. The Balaban J connectivity index is 1.49. The molecule has 154 valence electrons. The number of amides is 3. The van der Waals surface area contributed by atoms with Gasteiger partial charge in [0.05, 0.1) is 6.54 Å². The van der Waals surface area contributed by atoms with E-state index in [2.05, 4.69) is 14.9 Å². The molecule has 0 saturated carbocycles. The zero-order chi connectivity index (χ0) is 19.7. The number of fused-ring (bicyclic) bond motifs is 2. The van der Waals surface area contributed by atoms with E-state index in [1.54, 1.807) is 6.20 Å². The number of likely N-dealkylation sites (tertiary alicyclic amines) is 2. The first-order chi connectivity index (χ1) is 13.5. The number of hydrogen-bond donors (Lipinski definition) is 1. The fourth-order valence-electron chi connectivity index (χ4n) is 4.59. The standard InChI is InChI=1S/C20H31N5O3/c1-15(2)22-19(27)24-11-6-20(7-12-24)18-21-8-13-25(18)14-16(28-20)17(26)23-9-4-3-5-10-23/h8,13,15-16H,3-7,9-12,14H2,1-2H3,(H,22,27)/t16-/m0/s1. The second kappa shape index (κ2) is 7.73. The number of carbonyl (C=O) groups excluding carboxylic acids is 2. The Morgan fingerprint density at radius 1 is 1.14 bits per heavy atom. The molecule has 8 nitrogen and oxygen atoms in total. The van der Waals surface area contributed by atoms with Crippen LogP contribution < -0.4 is 5.32 Å². The summed E-state index contributed by atoms with van der Waals surface area (Å²) in [5.74, 6) is 0.984. The maximum absolute atomic E-state index is 13.1. The number of imidazole rings is 1. The van der Waals surface area contributed by atoms with Crippen LogP contribution in [0.5, 0.6) is 0 Å². The average Bonchev–Trinajstić information content (AvgIpc) is 3.18. The number of piperidine rings is 2. The zero-order valence-corrected chi connectivity index (χ0v) is 16.9. The van der Waals surface area contributed by atoms with Gasteiger partial charge in [0.2, 0.25) is 0 Å². The van der Waals surface area contributed by atoms with Crippen LogP contribution in [0.25, 0.3) is 0 Å². The van der Waals surface area contributed by atoms with E-state index in [9.17, 15) is 9.59 Å². The summed E-state index contributed by atoms with van der Waals surface area (Å²) in [6.07, 6.45) is 7.88. The molecule has 1 atom stereocenters. The number of carbonyl (C=O) groups is 2. The van der Waals surface area contributed by atoms with Gasteiger partial charge in [-0.1, -0.05) is 0 Å². The number of nitrogens with zero attached hydrogens (tertiary/aromatic N) is 4. The van der Waals surface area contributed by atoms with E-state index in [0.717, 1.165) is 31.8 Å². The van der Waals surface area contributed by atoms with Crippen molar-refractivity contribution in [2.75, 3.05) is 26.2 Å². The van der Waals surface area contributed by atoms with Gasteiger partial charge in [-0.2, -0.15) is 0 Å². The molecule has 1 aromatic rings. The number of ether oxygens (including phenoxy) is 1. The molecule has 8 heteroatoms. The van der Waals surface area contributed by atoms with Gasteiger partial charge in [0, 0.05) is 57.5 Å². The van der Waals surface area contributed by atoms with Crippen LogP contribution in [0.3, 0.4) is 0 Å². The van der Waals surface area contributed by atoms with E-state index < -0.39 is 11.7 Å². The predicted octanol–water partition coefficient (Wildman–Crippen LogP) is 1.70. The Labute approximate surface area is 166 Å². The molecule has 28 heavy (non-hydrogen) atoms. The van der Waals surface area contributed by atoms with Crippen molar-refractivity contribution in [2.45, 2.75) is 70.2 Å². The molecule has 3 amide bonds. The first-order valence-electron chi connectivity index (χ1n) is 10.5. The predicted molar refractivity (Wildman–Crippen MR) is 104 cm³/mol. The van der Waals surface area contributed by atoms with E-state index in [1.165, 1.54) is 6.42 Å². The summed E-state index contributed by atoms with van der Waals surface area (Å²) in [6.45, 7) is 7.27. The second-order valence-corrected chi connectivity index (χ2v) is 8.48. The quantitative estimate of drug-likeness (QED) is 0.835. The van der Waals surface area contributed by atoms with Gasteiger partial charge in [-0.15, -0.1) is 0 Å². The van der Waals surface area contributed by atoms with Crippen molar-refractivity contribution in [1.29, 1.82) is 0 Å². The third-order valence-electron chi connectivity index (χ3n) is 6.07. The molecular weight excluding hydrogens is 358 g/mol. The molecule has 0 radical (unpaired) electrons. The van der Waals surface area contributed by atoms with Gasteiger partial charge in [-0.3, -0.25) is 4.79 Å². The maximum atomic E-state index is 13.1. The molecule has 1 N–H and O–H groups in total. The minimum atomic E-state index is -0.591. The van der Waals surface area contributed by atoms with Gasteiger partial charge >= 0.3 is 6.03 Å². The number of nitrogens with one attached hydrogen (secondary N) is 1. The second-order valence-electron chi connectivity index (χ2n) is 8.48. The van der Waals surface area contributed by atoms with E-state index in [1.807, 2.05) is 29.8 Å². The van der Waals surface area contributed by atoms with Crippen molar-refractivity contribution < 1.29 is 14.3 Å². The smallest absolute Gasteiger partial charge is 0.317 e. The van der Waals surface area contributed by atoms with Crippen LogP contribution in [-0.2, 0) is 21.7 Å². The Morgan fingerprint density at radius 3 is 2.54 bits per heavy atom. The SMILES string of the molecule is CC(C)NC(=O)N1CCC2(CC1)O[C@H](C(=O)N1CCCCC1)Cn1ccnc12. The third kappa shape index (κ3) is 3.62. The van der Waals surface area contributed by atoms with Crippen LogP contribution in [0.15, 0.2) is 12.4 Å². The highest BCUT2D eigenvalue weighted by Gasteiger charge is 2.48. The minimum absolute atomic E-state index is 0.0371. The Bertz CT molecular complexity index is 717. The highest BCUT2D eigenvalue weighted by Crippen LogP contribution is 2.40. The number of urea groups is 1. The molecule has 4 rings (SSSR count). The summed E-state index contributed by atoms with van der Waals surface area (Å²) in [4.78, 5) is 33.8. The van der Waals surface area contributed by atoms with Gasteiger partial charge < -0.3 is 24.4 Å². The molecule has 1 aromatic heterocycles. The lowest BCUT2D eigenvalue weighted by molar-refractivity contribution is -0.180. The molecule has 4 heterocycles. The Hall–Kier alpha value is -2.09. The molecule has 0 aliphatic carbocycles. The van der Waals surface area contributed by atoms with Crippen LogP contribution >= 0.6 is 0 Å². The number of rotatable bonds is 2. The lowest BCUT2D eigenvalue weighted by Gasteiger charge is -2.46. The topological polar surface area (TPSA) is 79.7 Å². The summed E-state index contributed by atoms with van der Waals surface area (Å²) >= 11 is 0. The Morgan fingerprint density at radius 2 is 1.86 bits per heavy atom.